The second-order valence-electron chi connectivity index (χ2n) is 6.03. The summed E-state index contributed by atoms with van der Waals surface area (Å²) in [5.41, 5.74) is 1.69. The Hall–Kier alpha value is -3.47. The van der Waals surface area contributed by atoms with Crippen LogP contribution in [-0.4, -0.2) is 22.4 Å². The van der Waals surface area contributed by atoms with Crippen LogP contribution in [0, 0.1) is 0 Å². The van der Waals surface area contributed by atoms with E-state index in [-0.39, 0.29) is 5.91 Å². The predicted octanol–water partition coefficient (Wildman–Crippen LogP) is 4.22. The second-order valence-corrected chi connectivity index (χ2v) is 6.03. The molecule has 0 spiro atoms. The van der Waals surface area contributed by atoms with Gasteiger partial charge in [-0.25, -0.2) is 9.97 Å². The van der Waals surface area contributed by atoms with E-state index in [4.69, 9.17) is 0 Å². The smallest absolute Gasteiger partial charge is 0.226 e. The lowest BCUT2D eigenvalue weighted by Crippen LogP contribution is -2.16. The van der Waals surface area contributed by atoms with Crippen molar-refractivity contribution in [2.45, 2.75) is 6.42 Å². The molecule has 0 aliphatic rings. The van der Waals surface area contributed by atoms with E-state index in [1.807, 2.05) is 60.7 Å². The van der Waals surface area contributed by atoms with E-state index < -0.39 is 0 Å². The minimum atomic E-state index is -0.0360. The van der Waals surface area contributed by atoms with Gasteiger partial charge in [0.2, 0.25) is 5.91 Å². The molecule has 4 aromatic rings. The zero-order valence-electron chi connectivity index (χ0n) is 14.1. The fourth-order valence-corrected chi connectivity index (χ4v) is 2.93. The van der Waals surface area contributed by atoms with Crippen LogP contribution in [0.3, 0.4) is 0 Å². The average molecular weight is 342 g/mol. The highest BCUT2D eigenvalue weighted by atomic mass is 16.1. The number of amides is 1. The van der Waals surface area contributed by atoms with Gasteiger partial charge in [0.15, 0.2) is 0 Å². The van der Waals surface area contributed by atoms with Gasteiger partial charge in [0.05, 0.1) is 5.52 Å². The summed E-state index contributed by atoms with van der Waals surface area (Å²) in [5.74, 6) is 0.709. The zero-order chi connectivity index (χ0) is 17.8. The first-order chi connectivity index (χ1) is 12.8. The average Bonchev–Trinajstić information content (AvgIpc) is 2.68. The molecule has 0 aliphatic carbocycles. The molecule has 1 heterocycles. The molecule has 0 radical (unpaired) electrons. The molecule has 1 amide bonds. The summed E-state index contributed by atoms with van der Waals surface area (Å²) in [6.07, 6.45) is 1.88. The minimum Gasteiger partial charge on any atom is -0.369 e. The molecule has 0 aliphatic heterocycles. The van der Waals surface area contributed by atoms with Crippen molar-refractivity contribution in [1.82, 2.24) is 9.97 Å². The van der Waals surface area contributed by atoms with Gasteiger partial charge in [0.1, 0.15) is 12.1 Å². The van der Waals surface area contributed by atoms with Crippen molar-refractivity contribution in [3.63, 3.8) is 0 Å². The van der Waals surface area contributed by atoms with E-state index in [9.17, 15) is 4.79 Å². The Morgan fingerprint density at radius 1 is 0.885 bits per heavy atom. The van der Waals surface area contributed by atoms with Gasteiger partial charge in [-0.15, -0.1) is 0 Å². The molecule has 4 rings (SSSR count). The Labute approximate surface area is 151 Å². The molecule has 0 saturated heterocycles. The first kappa shape index (κ1) is 16.0. The quantitative estimate of drug-likeness (QED) is 0.570. The molecule has 0 saturated carbocycles. The lowest BCUT2D eigenvalue weighted by atomic mass is 10.1. The van der Waals surface area contributed by atoms with Crippen molar-refractivity contribution >= 4 is 39.1 Å². The number of anilines is 2. The van der Waals surface area contributed by atoms with Crippen molar-refractivity contribution < 1.29 is 4.79 Å². The summed E-state index contributed by atoms with van der Waals surface area (Å²) >= 11 is 0. The number of carbonyl (C=O) groups is 1. The van der Waals surface area contributed by atoms with Gasteiger partial charge in [0.25, 0.3) is 0 Å². The van der Waals surface area contributed by atoms with Crippen LogP contribution in [0.5, 0.6) is 0 Å². The summed E-state index contributed by atoms with van der Waals surface area (Å²) in [4.78, 5) is 20.7. The lowest BCUT2D eigenvalue weighted by Gasteiger charge is -2.09. The standard InChI is InChI=1S/C21H18N4O/c26-20(25-17-10-9-15-5-1-2-6-16(15)13-17)11-12-22-21-18-7-3-4-8-19(18)23-14-24-21/h1-10,13-14H,11-12H2,(H,25,26)(H,22,23,24). The van der Waals surface area contributed by atoms with Gasteiger partial charge in [-0.05, 0) is 35.0 Å². The fourth-order valence-electron chi connectivity index (χ4n) is 2.93. The SMILES string of the molecule is O=C(CCNc1ncnc2ccccc12)Nc1ccc2ccccc2c1. The molecule has 5 heteroatoms. The predicted molar refractivity (Wildman–Crippen MR) is 105 cm³/mol. The summed E-state index contributed by atoms with van der Waals surface area (Å²) < 4.78 is 0. The van der Waals surface area contributed by atoms with Crippen molar-refractivity contribution in [2.75, 3.05) is 17.2 Å². The molecule has 3 aromatic carbocycles. The number of hydrogen-bond acceptors (Lipinski definition) is 4. The Bertz CT molecular complexity index is 1070. The molecule has 2 N–H and O–H groups in total. The third-order valence-electron chi connectivity index (χ3n) is 4.22. The zero-order valence-corrected chi connectivity index (χ0v) is 14.1. The van der Waals surface area contributed by atoms with Crippen LogP contribution in [-0.2, 0) is 4.79 Å². The molecular formula is C21H18N4O. The van der Waals surface area contributed by atoms with Crippen LogP contribution in [0.4, 0.5) is 11.5 Å². The Morgan fingerprint density at radius 3 is 2.62 bits per heavy atom. The van der Waals surface area contributed by atoms with Crippen molar-refractivity contribution in [3.05, 3.63) is 73.1 Å². The highest BCUT2D eigenvalue weighted by Crippen LogP contribution is 2.20. The Morgan fingerprint density at radius 2 is 1.69 bits per heavy atom. The second kappa shape index (κ2) is 7.19. The number of fused-ring (bicyclic) bond motifs is 2. The van der Waals surface area contributed by atoms with E-state index in [1.165, 1.54) is 6.33 Å². The van der Waals surface area contributed by atoms with Crippen LogP contribution in [0.1, 0.15) is 6.42 Å². The summed E-state index contributed by atoms with van der Waals surface area (Å²) in [7, 11) is 0. The molecule has 0 fully saturated rings. The van der Waals surface area contributed by atoms with Crippen LogP contribution >= 0.6 is 0 Å². The summed E-state index contributed by atoms with van der Waals surface area (Å²) in [6.45, 7) is 0.500. The number of para-hydroxylation sites is 1. The van der Waals surface area contributed by atoms with Crippen LogP contribution in [0.2, 0.25) is 0 Å². The third kappa shape index (κ3) is 3.47. The Kier molecular flexibility index (Phi) is 4.43. The molecule has 26 heavy (non-hydrogen) atoms. The number of aromatic nitrogens is 2. The van der Waals surface area contributed by atoms with E-state index in [2.05, 4.69) is 26.7 Å². The van der Waals surface area contributed by atoms with Crippen LogP contribution in [0.25, 0.3) is 21.7 Å². The van der Waals surface area contributed by atoms with Gasteiger partial charge in [0, 0.05) is 24.0 Å². The van der Waals surface area contributed by atoms with Crippen molar-refractivity contribution in [1.29, 1.82) is 0 Å². The maximum atomic E-state index is 12.2. The van der Waals surface area contributed by atoms with E-state index >= 15 is 0 Å². The van der Waals surface area contributed by atoms with E-state index in [1.54, 1.807) is 0 Å². The third-order valence-corrected chi connectivity index (χ3v) is 4.22. The topological polar surface area (TPSA) is 66.9 Å². The van der Waals surface area contributed by atoms with Gasteiger partial charge in [-0.3, -0.25) is 4.79 Å². The first-order valence-corrected chi connectivity index (χ1v) is 8.52. The highest BCUT2D eigenvalue weighted by molar-refractivity contribution is 5.95. The maximum absolute atomic E-state index is 12.2. The van der Waals surface area contributed by atoms with Gasteiger partial charge in [-0.2, -0.15) is 0 Å². The molecule has 5 nitrogen and oxygen atoms in total. The van der Waals surface area contributed by atoms with E-state index in [0.29, 0.717) is 13.0 Å². The summed E-state index contributed by atoms with van der Waals surface area (Å²) in [5, 5.41) is 9.38. The number of carbonyl (C=O) groups excluding carboxylic acids is 1. The monoisotopic (exact) mass is 342 g/mol. The largest absolute Gasteiger partial charge is 0.369 e. The molecule has 128 valence electrons. The number of nitrogens with zero attached hydrogens (tertiary/aromatic N) is 2. The normalized spacial score (nSPS) is 10.8. The number of hydrogen-bond donors (Lipinski definition) is 2. The minimum absolute atomic E-state index is 0.0360. The number of nitrogens with one attached hydrogen (secondary N) is 2. The molecule has 1 aromatic heterocycles. The van der Waals surface area contributed by atoms with Gasteiger partial charge >= 0.3 is 0 Å². The molecule has 0 unspecified atom stereocenters. The highest BCUT2D eigenvalue weighted by Gasteiger charge is 2.06. The van der Waals surface area contributed by atoms with Crippen molar-refractivity contribution in [2.24, 2.45) is 0 Å². The molecule has 0 atom stereocenters. The first-order valence-electron chi connectivity index (χ1n) is 8.52. The van der Waals surface area contributed by atoms with E-state index in [0.717, 1.165) is 33.2 Å². The fraction of sp³-hybridized carbons (Fsp3) is 0.0952. The van der Waals surface area contributed by atoms with Gasteiger partial charge in [-0.1, -0.05) is 42.5 Å². The number of rotatable bonds is 5. The van der Waals surface area contributed by atoms with Crippen molar-refractivity contribution in [3.8, 4) is 0 Å². The lowest BCUT2D eigenvalue weighted by molar-refractivity contribution is -0.115. The molecular weight excluding hydrogens is 324 g/mol. The van der Waals surface area contributed by atoms with Crippen LogP contribution in [0.15, 0.2) is 73.1 Å². The van der Waals surface area contributed by atoms with Crippen LogP contribution < -0.4 is 10.6 Å². The maximum Gasteiger partial charge on any atom is 0.226 e. The Balaban J connectivity index is 1.37. The number of benzene rings is 3. The van der Waals surface area contributed by atoms with Gasteiger partial charge < -0.3 is 10.6 Å². The summed E-state index contributed by atoms with van der Waals surface area (Å²) in [6, 6.07) is 21.8. The molecule has 0 bridgehead atoms.